The Morgan fingerprint density at radius 3 is 2.63 bits per heavy atom. The highest BCUT2D eigenvalue weighted by Gasteiger charge is 2.17. The maximum absolute atomic E-state index is 14.2. The summed E-state index contributed by atoms with van der Waals surface area (Å²) < 4.78 is 15.6. The van der Waals surface area contributed by atoms with Gasteiger partial charge in [-0.25, -0.2) is 18.9 Å². The second-order valence-corrected chi connectivity index (χ2v) is 6.18. The van der Waals surface area contributed by atoms with E-state index in [9.17, 15) is 14.0 Å². The minimum Gasteiger partial charge on any atom is -0.369 e. The van der Waals surface area contributed by atoms with Gasteiger partial charge in [0.1, 0.15) is 17.3 Å². The van der Waals surface area contributed by atoms with Crippen molar-refractivity contribution in [1.29, 1.82) is 0 Å². The molecule has 0 aliphatic heterocycles. The van der Waals surface area contributed by atoms with E-state index in [0.29, 0.717) is 24.4 Å². The Balaban J connectivity index is 1.97. The number of benzene rings is 1. The molecule has 1 aromatic carbocycles. The number of nitrogens with one attached hydrogen (secondary N) is 1. The summed E-state index contributed by atoms with van der Waals surface area (Å²) in [5.41, 5.74) is 7.31. The van der Waals surface area contributed by atoms with Crippen LogP contribution in [0.15, 0.2) is 29.1 Å². The van der Waals surface area contributed by atoms with Crippen LogP contribution < -0.4 is 11.4 Å². The number of amides is 1. The van der Waals surface area contributed by atoms with Gasteiger partial charge in [0.05, 0.1) is 6.42 Å². The van der Waals surface area contributed by atoms with Crippen molar-refractivity contribution < 1.29 is 9.18 Å². The highest BCUT2D eigenvalue weighted by Crippen LogP contribution is 2.17. The maximum atomic E-state index is 14.2. The van der Waals surface area contributed by atoms with Crippen LogP contribution in [0.1, 0.15) is 28.6 Å². The van der Waals surface area contributed by atoms with Crippen LogP contribution in [-0.2, 0) is 24.1 Å². The van der Waals surface area contributed by atoms with E-state index in [2.05, 4.69) is 20.1 Å². The molecule has 2 aromatic heterocycles. The molecule has 27 heavy (non-hydrogen) atoms. The lowest BCUT2D eigenvalue weighted by atomic mass is 10.1. The van der Waals surface area contributed by atoms with Crippen LogP contribution in [0, 0.1) is 19.7 Å². The second kappa shape index (κ2) is 7.48. The molecule has 0 saturated carbocycles. The molecule has 0 spiro atoms. The molecule has 0 aliphatic rings. The number of para-hydroxylation sites is 1. The molecule has 140 valence electrons. The average molecular weight is 370 g/mol. The van der Waals surface area contributed by atoms with Gasteiger partial charge in [0.15, 0.2) is 5.82 Å². The fourth-order valence-electron chi connectivity index (χ4n) is 2.96. The van der Waals surface area contributed by atoms with Crippen molar-refractivity contribution in [2.75, 3.05) is 0 Å². The van der Waals surface area contributed by atoms with E-state index in [1.54, 1.807) is 32.0 Å². The van der Waals surface area contributed by atoms with E-state index in [1.165, 1.54) is 10.7 Å². The first-order valence-electron chi connectivity index (χ1n) is 8.39. The van der Waals surface area contributed by atoms with Crippen LogP contribution in [0.5, 0.6) is 0 Å². The fraction of sp³-hybridized carbons (Fsp3) is 0.278. The number of aromatic amines is 1. The normalized spacial score (nSPS) is 10.9. The summed E-state index contributed by atoms with van der Waals surface area (Å²) in [6, 6.07) is 6.19. The molecule has 1 amide bonds. The van der Waals surface area contributed by atoms with Crippen molar-refractivity contribution in [2.45, 2.75) is 33.1 Å². The van der Waals surface area contributed by atoms with Crippen LogP contribution >= 0.6 is 0 Å². The Morgan fingerprint density at radius 1 is 1.22 bits per heavy atom. The van der Waals surface area contributed by atoms with Crippen molar-refractivity contribution in [3.8, 4) is 5.69 Å². The van der Waals surface area contributed by atoms with E-state index in [4.69, 9.17) is 5.73 Å². The van der Waals surface area contributed by atoms with Gasteiger partial charge in [0.2, 0.25) is 5.91 Å². The number of nitrogens with zero attached hydrogens (tertiary/aromatic N) is 4. The third-order valence-corrected chi connectivity index (χ3v) is 4.18. The second-order valence-electron chi connectivity index (χ2n) is 6.18. The van der Waals surface area contributed by atoms with Crippen LogP contribution in [0.25, 0.3) is 5.69 Å². The number of rotatable bonds is 6. The molecule has 3 aromatic rings. The zero-order valence-electron chi connectivity index (χ0n) is 15.0. The summed E-state index contributed by atoms with van der Waals surface area (Å²) in [5.74, 6) is -0.300. The molecule has 9 heteroatoms. The number of hydrogen-bond acceptors (Lipinski definition) is 5. The molecule has 2 heterocycles. The summed E-state index contributed by atoms with van der Waals surface area (Å²) in [6.45, 7) is 3.56. The van der Waals surface area contributed by atoms with E-state index in [0.717, 1.165) is 11.3 Å². The van der Waals surface area contributed by atoms with Gasteiger partial charge in [-0.1, -0.05) is 12.1 Å². The lowest BCUT2D eigenvalue weighted by molar-refractivity contribution is -0.117. The molecular formula is C18H19FN6O2. The predicted molar refractivity (Wildman–Crippen MR) is 96.0 cm³/mol. The SMILES string of the molecule is Cc1nc(=O)[nH]c(C)c1CCc1nc(CC(N)=O)nn1-c1ccccc1F. The number of hydrogen-bond donors (Lipinski definition) is 2. The molecule has 3 N–H and O–H groups in total. The summed E-state index contributed by atoms with van der Waals surface area (Å²) in [6.07, 6.45) is 0.798. The largest absolute Gasteiger partial charge is 0.369 e. The summed E-state index contributed by atoms with van der Waals surface area (Å²) in [5, 5.41) is 4.24. The van der Waals surface area contributed by atoms with E-state index >= 15 is 0 Å². The highest BCUT2D eigenvalue weighted by molar-refractivity contribution is 5.75. The molecular weight excluding hydrogens is 351 g/mol. The monoisotopic (exact) mass is 370 g/mol. The Hall–Kier alpha value is -3.36. The first-order valence-corrected chi connectivity index (χ1v) is 8.39. The van der Waals surface area contributed by atoms with Crippen molar-refractivity contribution in [3.63, 3.8) is 0 Å². The Labute approximate surface area is 154 Å². The van der Waals surface area contributed by atoms with E-state index < -0.39 is 17.4 Å². The van der Waals surface area contributed by atoms with Crippen molar-refractivity contribution >= 4 is 5.91 Å². The van der Waals surface area contributed by atoms with Crippen LogP contribution in [0.3, 0.4) is 0 Å². The highest BCUT2D eigenvalue weighted by atomic mass is 19.1. The zero-order valence-corrected chi connectivity index (χ0v) is 15.0. The standard InChI is InChI=1S/C18H19FN6O2/c1-10-12(11(2)22-18(27)21-10)7-8-17-23-16(9-15(20)26)24-25(17)14-6-4-3-5-13(14)19/h3-6H,7-9H2,1-2H3,(H2,20,26)(H,21,22,27). The van der Waals surface area contributed by atoms with Crippen LogP contribution in [-0.4, -0.2) is 30.6 Å². The van der Waals surface area contributed by atoms with Gasteiger partial charge in [-0.05, 0) is 38.0 Å². The van der Waals surface area contributed by atoms with Gasteiger partial charge >= 0.3 is 5.69 Å². The smallest absolute Gasteiger partial charge is 0.345 e. The first kappa shape index (κ1) is 18.4. The minimum atomic E-state index is -0.566. The summed E-state index contributed by atoms with van der Waals surface area (Å²) >= 11 is 0. The Bertz CT molecular complexity index is 1030. The molecule has 3 rings (SSSR count). The molecule has 0 atom stereocenters. The fourth-order valence-corrected chi connectivity index (χ4v) is 2.96. The van der Waals surface area contributed by atoms with Gasteiger partial charge < -0.3 is 10.7 Å². The van der Waals surface area contributed by atoms with E-state index in [1.807, 2.05) is 0 Å². The molecule has 0 unspecified atom stereocenters. The number of H-pyrrole nitrogens is 1. The average Bonchev–Trinajstić information content (AvgIpc) is 2.96. The molecule has 0 radical (unpaired) electrons. The lowest BCUT2D eigenvalue weighted by Crippen LogP contribution is -2.17. The summed E-state index contributed by atoms with van der Waals surface area (Å²) in [7, 11) is 0. The van der Waals surface area contributed by atoms with Gasteiger partial charge in [0, 0.05) is 17.8 Å². The van der Waals surface area contributed by atoms with E-state index in [-0.39, 0.29) is 17.9 Å². The maximum Gasteiger partial charge on any atom is 0.345 e. The molecule has 0 bridgehead atoms. The van der Waals surface area contributed by atoms with Crippen molar-refractivity contribution in [2.24, 2.45) is 5.73 Å². The zero-order chi connectivity index (χ0) is 19.6. The van der Waals surface area contributed by atoms with Gasteiger partial charge in [-0.2, -0.15) is 10.1 Å². The molecule has 0 saturated heterocycles. The predicted octanol–water partition coefficient (Wildman–Crippen LogP) is 0.920. The quantitative estimate of drug-likeness (QED) is 0.669. The number of carbonyl (C=O) groups excluding carboxylic acids is 1. The van der Waals surface area contributed by atoms with Gasteiger partial charge in [-0.15, -0.1) is 0 Å². The number of nitrogens with two attached hydrogens (primary N) is 1. The lowest BCUT2D eigenvalue weighted by Gasteiger charge is -2.09. The topological polar surface area (TPSA) is 120 Å². The van der Waals surface area contributed by atoms with Gasteiger partial charge in [0.25, 0.3) is 0 Å². The van der Waals surface area contributed by atoms with Crippen LogP contribution in [0.4, 0.5) is 4.39 Å². The number of aromatic nitrogens is 5. The number of halogens is 1. The summed E-state index contributed by atoms with van der Waals surface area (Å²) in [4.78, 5) is 33.6. The molecule has 8 nitrogen and oxygen atoms in total. The van der Waals surface area contributed by atoms with Crippen molar-refractivity contribution in [1.82, 2.24) is 24.7 Å². The third kappa shape index (κ3) is 4.08. The van der Waals surface area contributed by atoms with Crippen molar-refractivity contribution in [3.05, 3.63) is 69.2 Å². The molecule has 0 aliphatic carbocycles. The number of aryl methyl sites for hydroxylation is 3. The van der Waals surface area contributed by atoms with Gasteiger partial charge in [-0.3, -0.25) is 4.79 Å². The molecule has 0 fully saturated rings. The van der Waals surface area contributed by atoms with Crippen LogP contribution in [0.2, 0.25) is 0 Å². The number of primary amides is 1. The third-order valence-electron chi connectivity index (χ3n) is 4.18. The first-order chi connectivity index (χ1) is 12.8. The Kier molecular flexibility index (Phi) is 5.11. The minimum absolute atomic E-state index is 0.132. The number of carbonyl (C=O) groups is 1. The Morgan fingerprint density at radius 2 is 1.96 bits per heavy atom.